The minimum absolute atomic E-state index is 0.0415. The third-order valence-corrected chi connectivity index (χ3v) is 3.93. The third-order valence-electron chi connectivity index (χ3n) is 3.93. The Bertz CT molecular complexity index is 1030. The Morgan fingerprint density at radius 3 is 2.41 bits per heavy atom. The van der Waals surface area contributed by atoms with Gasteiger partial charge >= 0.3 is 11.6 Å². The molecule has 0 unspecified atom stereocenters. The van der Waals surface area contributed by atoms with E-state index >= 15 is 0 Å². The summed E-state index contributed by atoms with van der Waals surface area (Å²) in [6, 6.07) is 13.7. The van der Waals surface area contributed by atoms with E-state index in [1.807, 2.05) is 12.1 Å². The summed E-state index contributed by atoms with van der Waals surface area (Å²) in [4.78, 5) is 23.7. The van der Waals surface area contributed by atoms with Gasteiger partial charge in [0.2, 0.25) is 0 Å². The molecular weight excluding hydrogens is 348 g/mol. The minimum atomic E-state index is -0.518. The van der Waals surface area contributed by atoms with E-state index in [1.165, 1.54) is 19.3 Å². The van der Waals surface area contributed by atoms with Gasteiger partial charge in [-0.1, -0.05) is 12.1 Å². The van der Waals surface area contributed by atoms with Gasteiger partial charge in [-0.2, -0.15) is 0 Å². The maximum Gasteiger partial charge on any atom is 0.336 e. The van der Waals surface area contributed by atoms with Gasteiger partial charge < -0.3 is 18.6 Å². The van der Waals surface area contributed by atoms with Crippen molar-refractivity contribution >= 4 is 23.0 Å². The highest BCUT2D eigenvalue weighted by molar-refractivity contribution is 5.87. The largest absolute Gasteiger partial charge is 0.497 e. The molecule has 0 saturated heterocycles. The molecule has 0 aliphatic rings. The Labute approximate surface area is 155 Å². The molecule has 138 valence electrons. The lowest BCUT2D eigenvalue weighted by molar-refractivity contribution is -0.138. The van der Waals surface area contributed by atoms with Crippen LogP contribution in [0.1, 0.15) is 11.1 Å². The number of methoxy groups -OCH3 is 2. The summed E-state index contributed by atoms with van der Waals surface area (Å²) in [7, 11) is 3.12. The van der Waals surface area contributed by atoms with Gasteiger partial charge in [0, 0.05) is 29.2 Å². The van der Waals surface area contributed by atoms with Crippen molar-refractivity contribution in [3.8, 4) is 11.5 Å². The van der Waals surface area contributed by atoms with E-state index in [0.29, 0.717) is 22.3 Å². The second-order valence-electron chi connectivity index (χ2n) is 5.67. The molecular formula is C21H18O6. The van der Waals surface area contributed by atoms with E-state index in [9.17, 15) is 9.59 Å². The number of carbonyl (C=O) groups excluding carboxylic acids is 1. The number of esters is 1. The van der Waals surface area contributed by atoms with Crippen molar-refractivity contribution in [3.05, 3.63) is 76.2 Å². The fraction of sp³-hybridized carbons (Fsp3) is 0.143. The first-order valence-electron chi connectivity index (χ1n) is 8.19. The van der Waals surface area contributed by atoms with Crippen molar-refractivity contribution in [2.75, 3.05) is 14.2 Å². The minimum Gasteiger partial charge on any atom is -0.497 e. The molecule has 3 rings (SSSR count). The number of hydrogen-bond acceptors (Lipinski definition) is 6. The molecule has 2 aromatic carbocycles. The molecule has 0 aliphatic heterocycles. The molecule has 1 heterocycles. The van der Waals surface area contributed by atoms with Crippen LogP contribution in [0.2, 0.25) is 0 Å². The second-order valence-corrected chi connectivity index (χ2v) is 5.67. The molecule has 0 atom stereocenters. The zero-order chi connectivity index (χ0) is 19.2. The average Bonchev–Trinajstić information content (AvgIpc) is 2.70. The monoisotopic (exact) mass is 366 g/mol. The summed E-state index contributed by atoms with van der Waals surface area (Å²) in [5, 5.41) is 0.683. The van der Waals surface area contributed by atoms with Gasteiger partial charge in [0.25, 0.3) is 0 Å². The molecule has 6 nitrogen and oxygen atoms in total. The number of fused-ring (bicyclic) bond motifs is 1. The van der Waals surface area contributed by atoms with E-state index in [0.717, 1.165) is 11.3 Å². The van der Waals surface area contributed by atoms with Crippen molar-refractivity contribution < 1.29 is 23.4 Å². The number of benzene rings is 2. The summed E-state index contributed by atoms with van der Waals surface area (Å²) in [5.74, 6) is 0.795. The number of rotatable bonds is 6. The Balaban J connectivity index is 1.71. The topological polar surface area (TPSA) is 75.0 Å². The van der Waals surface area contributed by atoms with Gasteiger partial charge in [-0.15, -0.1) is 0 Å². The molecule has 0 aliphatic carbocycles. The van der Waals surface area contributed by atoms with E-state index in [2.05, 4.69) is 0 Å². The molecule has 6 heteroatoms. The summed E-state index contributed by atoms with van der Waals surface area (Å²) >= 11 is 0. The van der Waals surface area contributed by atoms with Gasteiger partial charge in [-0.25, -0.2) is 9.59 Å². The Morgan fingerprint density at radius 2 is 1.70 bits per heavy atom. The SMILES string of the molecule is COc1ccc(/C=C/C(=O)OCc2cc(=O)oc3cc(OC)ccc23)cc1. The molecule has 0 N–H and O–H groups in total. The van der Waals surface area contributed by atoms with Crippen LogP contribution in [-0.4, -0.2) is 20.2 Å². The van der Waals surface area contributed by atoms with Gasteiger partial charge in [0.05, 0.1) is 14.2 Å². The summed E-state index contributed by atoms with van der Waals surface area (Å²) in [6.07, 6.45) is 2.97. The fourth-order valence-corrected chi connectivity index (χ4v) is 2.53. The highest BCUT2D eigenvalue weighted by atomic mass is 16.5. The van der Waals surface area contributed by atoms with E-state index in [-0.39, 0.29) is 6.61 Å². The number of ether oxygens (including phenoxy) is 3. The number of carbonyl (C=O) groups is 1. The maximum absolute atomic E-state index is 12.0. The van der Waals surface area contributed by atoms with Gasteiger partial charge in [0.1, 0.15) is 23.7 Å². The van der Waals surface area contributed by atoms with Crippen molar-refractivity contribution in [2.45, 2.75) is 6.61 Å². The Hall–Kier alpha value is -3.54. The molecule has 1 aromatic heterocycles. The lowest BCUT2D eigenvalue weighted by Gasteiger charge is -2.07. The van der Waals surface area contributed by atoms with Crippen molar-refractivity contribution in [1.82, 2.24) is 0 Å². The van der Waals surface area contributed by atoms with Crippen LogP contribution in [0.15, 0.2) is 63.8 Å². The van der Waals surface area contributed by atoms with Crippen LogP contribution in [0.4, 0.5) is 0 Å². The summed E-state index contributed by atoms with van der Waals surface area (Å²) in [6.45, 7) is -0.0415. The van der Waals surface area contributed by atoms with Crippen LogP contribution in [0.25, 0.3) is 17.0 Å². The highest BCUT2D eigenvalue weighted by Crippen LogP contribution is 2.23. The zero-order valence-corrected chi connectivity index (χ0v) is 14.9. The predicted molar refractivity (Wildman–Crippen MR) is 101 cm³/mol. The molecule has 27 heavy (non-hydrogen) atoms. The predicted octanol–water partition coefficient (Wildman–Crippen LogP) is 3.57. The summed E-state index contributed by atoms with van der Waals surface area (Å²) in [5.41, 5.74) is 1.26. The Morgan fingerprint density at radius 1 is 1.00 bits per heavy atom. The third kappa shape index (κ3) is 4.55. The maximum atomic E-state index is 12.0. The zero-order valence-electron chi connectivity index (χ0n) is 14.9. The normalized spacial score (nSPS) is 10.9. The molecule has 3 aromatic rings. The van der Waals surface area contributed by atoms with E-state index < -0.39 is 11.6 Å². The number of hydrogen-bond donors (Lipinski definition) is 0. The van der Waals surface area contributed by atoms with Crippen LogP contribution in [-0.2, 0) is 16.1 Å². The molecule has 0 spiro atoms. The van der Waals surface area contributed by atoms with Crippen LogP contribution < -0.4 is 15.1 Å². The molecule has 0 amide bonds. The molecule has 0 saturated carbocycles. The lowest BCUT2D eigenvalue weighted by Crippen LogP contribution is -2.05. The fourth-order valence-electron chi connectivity index (χ4n) is 2.53. The first-order valence-corrected chi connectivity index (χ1v) is 8.19. The van der Waals surface area contributed by atoms with Crippen LogP contribution in [0.5, 0.6) is 11.5 Å². The van der Waals surface area contributed by atoms with Gasteiger partial charge in [-0.3, -0.25) is 0 Å². The quantitative estimate of drug-likeness (QED) is 0.377. The molecule has 0 fully saturated rings. The van der Waals surface area contributed by atoms with Crippen molar-refractivity contribution in [2.24, 2.45) is 0 Å². The first-order chi connectivity index (χ1) is 13.1. The highest BCUT2D eigenvalue weighted by Gasteiger charge is 2.09. The molecule has 0 radical (unpaired) electrons. The second kappa shape index (κ2) is 8.23. The molecule has 0 bridgehead atoms. The van der Waals surface area contributed by atoms with E-state index in [4.69, 9.17) is 18.6 Å². The van der Waals surface area contributed by atoms with Crippen LogP contribution >= 0.6 is 0 Å². The summed E-state index contributed by atoms with van der Waals surface area (Å²) < 4.78 is 20.6. The van der Waals surface area contributed by atoms with Crippen molar-refractivity contribution in [3.63, 3.8) is 0 Å². The smallest absolute Gasteiger partial charge is 0.336 e. The van der Waals surface area contributed by atoms with Crippen LogP contribution in [0.3, 0.4) is 0 Å². The van der Waals surface area contributed by atoms with Crippen LogP contribution in [0, 0.1) is 0 Å². The van der Waals surface area contributed by atoms with Gasteiger partial charge in [-0.05, 0) is 35.9 Å². The van der Waals surface area contributed by atoms with Gasteiger partial charge in [0.15, 0.2) is 0 Å². The Kier molecular flexibility index (Phi) is 5.56. The first kappa shape index (κ1) is 18.3. The van der Waals surface area contributed by atoms with Crippen molar-refractivity contribution in [1.29, 1.82) is 0 Å². The lowest BCUT2D eigenvalue weighted by atomic mass is 10.1. The standard InChI is InChI=1S/C21H18O6/c1-24-16-6-3-14(4-7-16)5-10-20(22)26-13-15-11-21(23)27-19-12-17(25-2)8-9-18(15)19/h3-12H,13H2,1-2H3/b10-5+. The average molecular weight is 366 g/mol. The van der Waals surface area contributed by atoms with E-state index in [1.54, 1.807) is 43.5 Å².